The Labute approximate surface area is 117 Å². The van der Waals surface area contributed by atoms with Gasteiger partial charge in [0.05, 0.1) is 0 Å². The normalized spacial score (nSPS) is 25.1. The van der Waals surface area contributed by atoms with Gasteiger partial charge in [0.1, 0.15) is 0 Å². The van der Waals surface area contributed by atoms with Crippen molar-refractivity contribution in [2.75, 3.05) is 0 Å². The molecule has 1 fully saturated rings. The van der Waals surface area contributed by atoms with Gasteiger partial charge in [0, 0.05) is 12.1 Å². The predicted molar refractivity (Wildman–Crippen MR) is 81.4 cm³/mol. The van der Waals surface area contributed by atoms with E-state index in [1.165, 1.54) is 24.8 Å². The lowest BCUT2D eigenvalue weighted by molar-refractivity contribution is 0.457. The molecule has 0 amide bonds. The average Bonchev–Trinajstić information content (AvgIpc) is 2.76. The van der Waals surface area contributed by atoms with Crippen LogP contribution in [0.5, 0.6) is 0 Å². The second-order valence-corrected chi connectivity index (χ2v) is 7.65. The third kappa shape index (κ3) is 1.94. The SMILES string of the molecule is CC(NC1C(C)(C)C1(C)C)c1ccc2c(c1)CCC2. The van der Waals surface area contributed by atoms with Crippen LogP contribution in [0.1, 0.15) is 63.8 Å². The van der Waals surface area contributed by atoms with Crippen LogP contribution in [0, 0.1) is 10.8 Å². The van der Waals surface area contributed by atoms with Crippen molar-refractivity contribution >= 4 is 0 Å². The molecule has 0 heterocycles. The fourth-order valence-electron chi connectivity index (χ4n) is 3.82. The smallest absolute Gasteiger partial charge is 0.0294 e. The van der Waals surface area contributed by atoms with Crippen LogP contribution in [0.2, 0.25) is 0 Å². The summed E-state index contributed by atoms with van der Waals surface area (Å²) < 4.78 is 0. The van der Waals surface area contributed by atoms with Crippen molar-refractivity contribution in [2.24, 2.45) is 10.8 Å². The molecule has 1 aromatic rings. The molecule has 19 heavy (non-hydrogen) atoms. The van der Waals surface area contributed by atoms with E-state index in [0.29, 0.717) is 22.9 Å². The lowest BCUT2D eigenvalue weighted by Crippen LogP contribution is -2.25. The zero-order valence-corrected chi connectivity index (χ0v) is 13.0. The van der Waals surface area contributed by atoms with Gasteiger partial charge in [-0.25, -0.2) is 0 Å². The standard InChI is InChI=1S/C18H27N/c1-12(19-16-17(2,3)18(16,4)5)14-10-9-13-7-6-8-15(13)11-14/h9-12,16,19H,6-8H2,1-5H3. The van der Waals surface area contributed by atoms with Crippen molar-refractivity contribution in [3.8, 4) is 0 Å². The fourth-order valence-corrected chi connectivity index (χ4v) is 3.82. The van der Waals surface area contributed by atoms with Gasteiger partial charge in [-0.1, -0.05) is 45.9 Å². The van der Waals surface area contributed by atoms with E-state index in [4.69, 9.17) is 0 Å². The van der Waals surface area contributed by atoms with Crippen LogP contribution in [0.25, 0.3) is 0 Å². The molecule has 0 radical (unpaired) electrons. The van der Waals surface area contributed by atoms with Crippen LogP contribution < -0.4 is 5.32 Å². The Kier molecular flexibility index (Phi) is 2.83. The Morgan fingerprint density at radius 2 is 1.68 bits per heavy atom. The molecule has 1 heteroatoms. The van der Waals surface area contributed by atoms with Crippen molar-refractivity contribution < 1.29 is 0 Å². The Bertz CT molecular complexity index is 484. The fraction of sp³-hybridized carbons (Fsp3) is 0.667. The van der Waals surface area contributed by atoms with E-state index in [0.717, 1.165) is 0 Å². The Balaban J connectivity index is 1.73. The number of aryl methyl sites for hydroxylation is 2. The highest BCUT2D eigenvalue weighted by Crippen LogP contribution is 2.63. The van der Waals surface area contributed by atoms with Crippen molar-refractivity contribution in [1.82, 2.24) is 5.32 Å². The van der Waals surface area contributed by atoms with Gasteiger partial charge in [0.2, 0.25) is 0 Å². The minimum absolute atomic E-state index is 0.415. The van der Waals surface area contributed by atoms with Crippen LogP contribution >= 0.6 is 0 Å². The first-order valence-corrected chi connectivity index (χ1v) is 7.72. The van der Waals surface area contributed by atoms with E-state index in [-0.39, 0.29) is 0 Å². The molecule has 1 aromatic carbocycles. The summed E-state index contributed by atoms with van der Waals surface area (Å²) in [5, 5.41) is 3.84. The summed E-state index contributed by atoms with van der Waals surface area (Å²) >= 11 is 0. The molecule has 1 nitrogen and oxygen atoms in total. The van der Waals surface area contributed by atoms with Gasteiger partial charge < -0.3 is 5.32 Å². The summed E-state index contributed by atoms with van der Waals surface area (Å²) in [5.41, 5.74) is 5.44. The summed E-state index contributed by atoms with van der Waals surface area (Å²) in [6.07, 6.45) is 3.89. The number of benzene rings is 1. The maximum absolute atomic E-state index is 3.84. The molecule has 2 aliphatic rings. The molecule has 1 N–H and O–H groups in total. The molecule has 1 saturated carbocycles. The molecule has 0 aromatic heterocycles. The van der Waals surface area contributed by atoms with Crippen LogP contribution in [0.4, 0.5) is 0 Å². The summed E-state index contributed by atoms with van der Waals surface area (Å²) in [4.78, 5) is 0. The van der Waals surface area contributed by atoms with Gasteiger partial charge in [-0.05, 0) is 53.7 Å². The maximum Gasteiger partial charge on any atom is 0.0294 e. The van der Waals surface area contributed by atoms with Crippen molar-refractivity contribution in [3.63, 3.8) is 0 Å². The zero-order valence-electron chi connectivity index (χ0n) is 13.0. The lowest BCUT2D eigenvalue weighted by Gasteiger charge is -2.17. The van der Waals surface area contributed by atoms with Gasteiger partial charge in [-0.2, -0.15) is 0 Å². The van der Waals surface area contributed by atoms with Crippen LogP contribution in [0.15, 0.2) is 18.2 Å². The quantitative estimate of drug-likeness (QED) is 0.853. The summed E-state index contributed by atoms with van der Waals surface area (Å²) in [6.45, 7) is 11.8. The molecule has 1 atom stereocenters. The molecule has 2 aliphatic carbocycles. The van der Waals surface area contributed by atoms with Gasteiger partial charge in [0.25, 0.3) is 0 Å². The minimum atomic E-state index is 0.415. The second-order valence-electron chi connectivity index (χ2n) is 7.65. The molecule has 104 valence electrons. The highest BCUT2D eigenvalue weighted by molar-refractivity contribution is 5.36. The van der Waals surface area contributed by atoms with Gasteiger partial charge in [-0.15, -0.1) is 0 Å². The molecular weight excluding hydrogens is 230 g/mol. The van der Waals surface area contributed by atoms with E-state index in [1.54, 1.807) is 11.1 Å². The monoisotopic (exact) mass is 257 g/mol. The number of hydrogen-bond donors (Lipinski definition) is 1. The van der Waals surface area contributed by atoms with Crippen LogP contribution in [0.3, 0.4) is 0 Å². The van der Waals surface area contributed by atoms with Gasteiger partial charge in [0.15, 0.2) is 0 Å². The van der Waals surface area contributed by atoms with Crippen LogP contribution in [-0.2, 0) is 12.8 Å². The number of fused-ring (bicyclic) bond motifs is 1. The van der Waals surface area contributed by atoms with E-state index in [9.17, 15) is 0 Å². The Morgan fingerprint density at radius 3 is 2.32 bits per heavy atom. The van der Waals surface area contributed by atoms with E-state index in [1.807, 2.05) is 0 Å². The van der Waals surface area contributed by atoms with Crippen LogP contribution in [-0.4, -0.2) is 6.04 Å². The summed E-state index contributed by atoms with van der Waals surface area (Å²) in [7, 11) is 0. The largest absolute Gasteiger partial charge is 0.306 e. The predicted octanol–water partition coefficient (Wildman–Crippen LogP) is 4.26. The number of nitrogens with one attached hydrogen (secondary N) is 1. The van der Waals surface area contributed by atoms with Crippen molar-refractivity contribution in [2.45, 2.75) is 66.0 Å². The molecule has 3 rings (SSSR count). The molecule has 0 spiro atoms. The topological polar surface area (TPSA) is 12.0 Å². The Hall–Kier alpha value is -0.820. The molecule has 0 saturated heterocycles. The number of rotatable bonds is 3. The third-order valence-electron chi connectivity index (χ3n) is 6.06. The van der Waals surface area contributed by atoms with E-state index >= 15 is 0 Å². The first-order chi connectivity index (χ1) is 8.84. The molecule has 1 unspecified atom stereocenters. The summed E-state index contributed by atoms with van der Waals surface area (Å²) in [6, 6.07) is 8.19. The van der Waals surface area contributed by atoms with Gasteiger partial charge in [-0.3, -0.25) is 0 Å². The van der Waals surface area contributed by atoms with Gasteiger partial charge >= 0.3 is 0 Å². The first kappa shape index (κ1) is 13.2. The lowest BCUT2D eigenvalue weighted by atomic mass is 10.0. The minimum Gasteiger partial charge on any atom is -0.306 e. The van der Waals surface area contributed by atoms with Crippen molar-refractivity contribution in [1.29, 1.82) is 0 Å². The first-order valence-electron chi connectivity index (χ1n) is 7.72. The van der Waals surface area contributed by atoms with E-state index < -0.39 is 0 Å². The Morgan fingerprint density at radius 1 is 1.05 bits per heavy atom. The average molecular weight is 257 g/mol. The third-order valence-corrected chi connectivity index (χ3v) is 6.06. The van der Waals surface area contributed by atoms with Crippen molar-refractivity contribution in [3.05, 3.63) is 34.9 Å². The van der Waals surface area contributed by atoms with E-state index in [2.05, 4.69) is 58.1 Å². The highest BCUT2D eigenvalue weighted by Gasteiger charge is 2.64. The molecule has 0 aliphatic heterocycles. The highest BCUT2D eigenvalue weighted by atomic mass is 15.1. The second kappa shape index (κ2) is 4.09. The zero-order chi connectivity index (χ0) is 13.8. The molecule has 0 bridgehead atoms. The molecular formula is C18H27N. The summed E-state index contributed by atoms with van der Waals surface area (Å²) in [5.74, 6) is 0. The number of hydrogen-bond acceptors (Lipinski definition) is 1. The maximum atomic E-state index is 3.84.